The van der Waals surface area contributed by atoms with Gasteiger partial charge in [-0.05, 0) is 60.7 Å². The van der Waals surface area contributed by atoms with Gasteiger partial charge < -0.3 is 10.2 Å². The Kier molecular flexibility index (Phi) is 7.00. The number of alkyl halides is 9. The van der Waals surface area contributed by atoms with Gasteiger partial charge in [0.15, 0.2) is 0 Å². The largest absolute Gasteiger partial charge is 0.416 e. The van der Waals surface area contributed by atoms with Gasteiger partial charge >= 0.3 is 18.5 Å². The molecule has 2 aromatic carbocycles. The first kappa shape index (κ1) is 27.6. The molecule has 1 N–H and O–H groups in total. The van der Waals surface area contributed by atoms with Gasteiger partial charge in [-0.15, -0.1) is 0 Å². The standard InChI is InChI=1S/C24H20BrF9N2O/c25-19-10-18(4-3-14(19)11-35-20(37)13-1-2-13)36-6-5-21(12-36,24(32,33)34)15-7-16(22(26,27)28)9-17(8-15)23(29,30)31/h3-4,7-10,13H,1-2,5-6,11-12H2,(H,35,37). The molecular formula is C24H20BrF9N2O. The molecule has 4 rings (SSSR count). The molecule has 2 aromatic rings. The minimum absolute atomic E-state index is 0.00755. The zero-order chi connectivity index (χ0) is 27.4. The summed E-state index contributed by atoms with van der Waals surface area (Å²) in [5.74, 6) is -0.100. The zero-order valence-corrected chi connectivity index (χ0v) is 20.5. The molecule has 1 unspecified atom stereocenters. The summed E-state index contributed by atoms with van der Waals surface area (Å²) in [6.07, 6.45) is -14.8. The van der Waals surface area contributed by atoms with Crippen molar-refractivity contribution in [3.63, 3.8) is 0 Å². The van der Waals surface area contributed by atoms with Crippen LogP contribution in [-0.4, -0.2) is 25.2 Å². The van der Waals surface area contributed by atoms with Crippen LogP contribution in [0.15, 0.2) is 40.9 Å². The molecule has 202 valence electrons. The van der Waals surface area contributed by atoms with Gasteiger partial charge in [-0.1, -0.05) is 22.0 Å². The Balaban J connectivity index is 1.66. The highest BCUT2D eigenvalue weighted by atomic mass is 79.9. The highest BCUT2D eigenvalue weighted by Gasteiger charge is 2.60. The number of amides is 1. The predicted molar refractivity (Wildman–Crippen MR) is 120 cm³/mol. The number of benzene rings is 2. The van der Waals surface area contributed by atoms with E-state index in [1.54, 1.807) is 6.07 Å². The van der Waals surface area contributed by atoms with E-state index in [9.17, 15) is 44.3 Å². The average molecular weight is 603 g/mol. The van der Waals surface area contributed by atoms with E-state index in [0.717, 1.165) is 12.8 Å². The van der Waals surface area contributed by atoms with Gasteiger partial charge in [0.05, 0.1) is 11.1 Å². The molecule has 2 fully saturated rings. The molecule has 1 heterocycles. The Hall–Kier alpha value is -2.44. The molecule has 0 bridgehead atoms. The lowest BCUT2D eigenvalue weighted by Gasteiger charge is -2.33. The van der Waals surface area contributed by atoms with Gasteiger partial charge in [-0.2, -0.15) is 39.5 Å². The second-order valence-electron chi connectivity index (χ2n) is 9.31. The number of hydrogen-bond donors (Lipinski definition) is 1. The molecule has 1 saturated heterocycles. The molecule has 3 nitrogen and oxygen atoms in total. The third-order valence-corrected chi connectivity index (χ3v) is 7.49. The van der Waals surface area contributed by atoms with Crippen LogP contribution in [0, 0.1) is 5.92 Å². The first-order chi connectivity index (χ1) is 17.0. The summed E-state index contributed by atoms with van der Waals surface area (Å²) >= 11 is 3.32. The maximum atomic E-state index is 14.4. The fourth-order valence-electron chi connectivity index (χ4n) is 4.44. The molecule has 0 radical (unpaired) electrons. The van der Waals surface area contributed by atoms with Crippen LogP contribution in [0.3, 0.4) is 0 Å². The predicted octanol–water partition coefficient (Wildman–Crippen LogP) is 7.22. The van der Waals surface area contributed by atoms with E-state index in [2.05, 4.69) is 21.2 Å². The fourth-order valence-corrected chi connectivity index (χ4v) is 4.95. The number of hydrogen-bond acceptors (Lipinski definition) is 2. The van der Waals surface area contributed by atoms with Crippen molar-refractivity contribution in [1.29, 1.82) is 0 Å². The smallest absolute Gasteiger partial charge is 0.370 e. The van der Waals surface area contributed by atoms with Crippen molar-refractivity contribution in [2.45, 2.75) is 49.8 Å². The summed E-state index contributed by atoms with van der Waals surface area (Å²) in [5.41, 5.74) is -6.65. The van der Waals surface area contributed by atoms with E-state index in [-0.39, 0.29) is 43.1 Å². The number of rotatable bonds is 5. The molecule has 2 aliphatic rings. The summed E-state index contributed by atoms with van der Waals surface area (Å²) in [6, 6.07) is 4.74. The maximum Gasteiger partial charge on any atom is 0.416 e. The lowest BCUT2D eigenvalue weighted by molar-refractivity contribution is -0.185. The fraction of sp³-hybridized carbons (Fsp3) is 0.458. The van der Waals surface area contributed by atoms with Crippen LogP contribution >= 0.6 is 15.9 Å². The zero-order valence-electron chi connectivity index (χ0n) is 18.9. The number of carbonyl (C=O) groups is 1. The molecule has 0 aromatic heterocycles. The number of carbonyl (C=O) groups excluding carboxylic acids is 1. The molecule has 1 aliphatic carbocycles. The van der Waals surface area contributed by atoms with Crippen LogP contribution in [-0.2, 0) is 29.1 Å². The van der Waals surface area contributed by atoms with Crippen molar-refractivity contribution in [1.82, 2.24) is 5.32 Å². The lowest BCUT2D eigenvalue weighted by Crippen LogP contribution is -2.45. The Morgan fingerprint density at radius 1 is 0.946 bits per heavy atom. The third kappa shape index (κ3) is 5.70. The first-order valence-electron chi connectivity index (χ1n) is 11.2. The minimum atomic E-state index is -5.27. The Morgan fingerprint density at radius 3 is 2.03 bits per heavy atom. The van der Waals surface area contributed by atoms with Crippen molar-refractivity contribution in [3.8, 4) is 0 Å². The highest BCUT2D eigenvalue weighted by molar-refractivity contribution is 9.10. The Labute approximate surface area is 214 Å². The van der Waals surface area contributed by atoms with Gasteiger partial charge in [-0.3, -0.25) is 4.79 Å². The number of halogens is 10. The molecule has 13 heteroatoms. The number of nitrogens with one attached hydrogen (secondary N) is 1. The maximum absolute atomic E-state index is 14.4. The van der Waals surface area contributed by atoms with Gasteiger partial charge in [0.25, 0.3) is 0 Å². The molecule has 1 atom stereocenters. The number of nitrogens with zero attached hydrogens (tertiary/aromatic N) is 1. The topological polar surface area (TPSA) is 32.3 Å². The molecular weight excluding hydrogens is 583 g/mol. The molecule has 0 spiro atoms. The minimum Gasteiger partial charge on any atom is -0.370 e. The monoisotopic (exact) mass is 602 g/mol. The van der Waals surface area contributed by atoms with E-state index < -0.39 is 53.6 Å². The van der Waals surface area contributed by atoms with E-state index in [1.807, 2.05) is 0 Å². The van der Waals surface area contributed by atoms with Gasteiger partial charge in [0.1, 0.15) is 5.41 Å². The molecule has 1 saturated carbocycles. The highest BCUT2D eigenvalue weighted by Crippen LogP contribution is 2.50. The summed E-state index contributed by atoms with van der Waals surface area (Å²) in [7, 11) is 0. The third-order valence-electron chi connectivity index (χ3n) is 6.76. The molecule has 1 amide bonds. The van der Waals surface area contributed by atoms with Crippen molar-refractivity contribution in [3.05, 3.63) is 63.1 Å². The Bertz CT molecular complexity index is 1160. The quantitative estimate of drug-likeness (QED) is 0.366. The van der Waals surface area contributed by atoms with E-state index in [4.69, 9.17) is 0 Å². The summed E-state index contributed by atoms with van der Waals surface area (Å²) < 4.78 is 124. The van der Waals surface area contributed by atoms with Crippen molar-refractivity contribution < 1.29 is 44.3 Å². The second kappa shape index (κ2) is 9.39. The molecule has 1 aliphatic heterocycles. The van der Waals surface area contributed by atoms with E-state index in [1.165, 1.54) is 17.0 Å². The van der Waals surface area contributed by atoms with Gasteiger partial charge in [-0.25, -0.2) is 0 Å². The summed E-state index contributed by atoms with van der Waals surface area (Å²) in [6.45, 7) is -0.923. The van der Waals surface area contributed by atoms with Crippen molar-refractivity contribution in [2.75, 3.05) is 18.0 Å². The van der Waals surface area contributed by atoms with Crippen LogP contribution in [0.25, 0.3) is 0 Å². The summed E-state index contributed by atoms with van der Waals surface area (Å²) in [4.78, 5) is 13.1. The molecule has 37 heavy (non-hydrogen) atoms. The SMILES string of the molecule is O=C(NCc1ccc(N2CCC(c3cc(C(F)(F)F)cc(C(F)(F)F)c3)(C(F)(F)F)C2)cc1Br)C1CC1. The van der Waals surface area contributed by atoms with Crippen molar-refractivity contribution >= 4 is 27.5 Å². The van der Waals surface area contributed by atoms with Gasteiger partial charge in [0, 0.05) is 35.7 Å². The van der Waals surface area contributed by atoms with E-state index >= 15 is 0 Å². The van der Waals surface area contributed by atoms with Crippen LogP contribution in [0.5, 0.6) is 0 Å². The lowest BCUT2D eigenvalue weighted by atomic mass is 9.77. The average Bonchev–Trinajstić information content (AvgIpc) is 3.53. The Morgan fingerprint density at radius 2 is 1.54 bits per heavy atom. The normalized spacial score (nSPS) is 20.9. The second-order valence-corrected chi connectivity index (χ2v) is 10.2. The van der Waals surface area contributed by atoms with E-state index in [0.29, 0.717) is 15.7 Å². The van der Waals surface area contributed by atoms with Crippen LogP contribution in [0.2, 0.25) is 0 Å². The van der Waals surface area contributed by atoms with Crippen LogP contribution in [0.1, 0.15) is 41.5 Å². The summed E-state index contributed by atoms with van der Waals surface area (Å²) in [5, 5.41) is 2.76. The van der Waals surface area contributed by atoms with Crippen LogP contribution < -0.4 is 10.2 Å². The van der Waals surface area contributed by atoms with Crippen LogP contribution in [0.4, 0.5) is 45.2 Å². The first-order valence-corrected chi connectivity index (χ1v) is 12.0. The van der Waals surface area contributed by atoms with Crippen molar-refractivity contribution in [2.24, 2.45) is 5.92 Å². The van der Waals surface area contributed by atoms with Gasteiger partial charge in [0.2, 0.25) is 5.91 Å². The number of anilines is 1.